The van der Waals surface area contributed by atoms with Crippen LogP contribution in [0.1, 0.15) is 34.2 Å². The van der Waals surface area contributed by atoms with Crippen LogP contribution < -0.4 is 0 Å². The van der Waals surface area contributed by atoms with E-state index in [1.54, 1.807) is 13.3 Å². The normalized spacial score (nSPS) is 12.6. The number of benzene rings is 2. The monoisotopic (exact) mass is 365 g/mol. The third-order valence-corrected chi connectivity index (χ3v) is 4.60. The number of hydrogen-bond donors (Lipinski definition) is 0. The average molecular weight is 366 g/mol. The molecule has 0 spiro atoms. The molecule has 0 radical (unpaired) electrons. The molecule has 4 rings (SSSR count). The molecule has 0 unspecified atom stereocenters. The summed E-state index contributed by atoms with van der Waals surface area (Å²) in [4.78, 5) is 21.3. The van der Waals surface area contributed by atoms with Gasteiger partial charge in [0.1, 0.15) is 6.33 Å². The summed E-state index contributed by atoms with van der Waals surface area (Å²) in [7, 11) is 0. The molecule has 1 aliphatic heterocycles. The Kier molecular flexibility index (Phi) is 4.31. The van der Waals surface area contributed by atoms with Crippen LogP contribution in [0.2, 0.25) is 5.02 Å². The fraction of sp³-hybridized carbons (Fsp3) is 0.150. The highest BCUT2D eigenvalue weighted by molar-refractivity contribution is 6.35. The summed E-state index contributed by atoms with van der Waals surface area (Å²) < 4.78 is 7.03. The van der Waals surface area contributed by atoms with E-state index >= 15 is 0 Å². The molecular formula is C20H16ClN3O2. The number of rotatable bonds is 3. The van der Waals surface area contributed by atoms with E-state index in [0.29, 0.717) is 29.6 Å². The number of para-hydroxylation sites is 1. The van der Waals surface area contributed by atoms with Crippen LogP contribution in [0.3, 0.4) is 0 Å². The van der Waals surface area contributed by atoms with Crippen molar-refractivity contribution in [1.29, 1.82) is 0 Å². The van der Waals surface area contributed by atoms with E-state index in [4.69, 9.17) is 21.3 Å². The number of carbonyl (C=O) groups excluding carboxylic acids is 1. The van der Waals surface area contributed by atoms with Gasteiger partial charge in [-0.05, 0) is 19.1 Å². The summed E-state index contributed by atoms with van der Waals surface area (Å²) in [5.41, 5.74) is 4.50. The molecule has 0 atom stereocenters. The molecule has 5 nitrogen and oxygen atoms in total. The number of aliphatic imine (C=N–C) groups is 1. The summed E-state index contributed by atoms with van der Waals surface area (Å²) >= 11 is 6.41. The lowest BCUT2D eigenvalue weighted by molar-refractivity contribution is 0.0518. The lowest BCUT2D eigenvalue weighted by Crippen LogP contribution is -2.09. The zero-order valence-electron chi connectivity index (χ0n) is 14.1. The Morgan fingerprint density at radius 2 is 1.88 bits per heavy atom. The number of carbonyl (C=O) groups is 1. The van der Waals surface area contributed by atoms with Crippen LogP contribution in [0.25, 0.3) is 5.69 Å². The summed E-state index contributed by atoms with van der Waals surface area (Å²) in [6.45, 7) is 2.38. The van der Waals surface area contributed by atoms with Crippen molar-refractivity contribution in [2.24, 2.45) is 4.99 Å². The maximum Gasteiger partial charge on any atom is 0.358 e. The predicted molar refractivity (Wildman–Crippen MR) is 100 cm³/mol. The second-order valence-electron chi connectivity index (χ2n) is 5.79. The van der Waals surface area contributed by atoms with Gasteiger partial charge in [0.15, 0.2) is 5.69 Å². The van der Waals surface area contributed by atoms with Crippen molar-refractivity contribution >= 4 is 23.3 Å². The molecule has 0 amide bonds. The van der Waals surface area contributed by atoms with Gasteiger partial charge in [0.25, 0.3) is 0 Å². The molecule has 0 N–H and O–H groups in total. The van der Waals surface area contributed by atoms with Gasteiger partial charge in [-0.15, -0.1) is 0 Å². The largest absolute Gasteiger partial charge is 0.461 e. The predicted octanol–water partition coefficient (Wildman–Crippen LogP) is 4.05. The van der Waals surface area contributed by atoms with Gasteiger partial charge in [-0.2, -0.15) is 0 Å². The van der Waals surface area contributed by atoms with Gasteiger partial charge in [0.2, 0.25) is 0 Å². The average Bonchev–Trinajstić information content (AvgIpc) is 3.01. The highest BCUT2D eigenvalue weighted by Crippen LogP contribution is 2.29. The Bertz CT molecular complexity index is 1020. The molecule has 2 aromatic carbocycles. The number of hydrogen-bond acceptors (Lipinski definition) is 4. The lowest BCUT2D eigenvalue weighted by atomic mass is 10.0. The fourth-order valence-electron chi connectivity index (χ4n) is 3.11. The van der Waals surface area contributed by atoms with E-state index < -0.39 is 5.97 Å². The minimum atomic E-state index is -0.435. The Balaban J connectivity index is 1.91. The fourth-order valence-corrected chi connectivity index (χ4v) is 3.33. The molecule has 26 heavy (non-hydrogen) atoms. The molecule has 1 aliphatic rings. The van der Waals surface area contributed by atoms with Crippen molar-refractivity contribution in [3.8, 4) is 5.69 Å². The van der Waals surface area contributed by atoms with Gasteiger partial charge < -0.3 is 4.74 Å². The van der Waals surface area contributed by atoms with Gasteiger partial charge in [-0.25, -0.2) is 9.78 Å². The number of esters is 1. The Morgan fingerprint density at radius 3 is 2.65 bits per heavy atom. The second kappa shape index (κ2) is 6.77. The number of halogens is 1. The first kappa shape index (κ1) is 16.5. The van der Waals surface area contributed by atoms with Crippen LogP contribution in [0.4, 0.5) is 0 Å². The van der Waals surface area contributed by atoms with Crippen LogP contribution in [0, 0.1) is 0 Å². The van der Waals surface area contributed by atoms with Crippen LogP contribution >= 0.6 is 11.6 Å². The van der Waals surface area contributed by atoms with E-state index in [1.807, 2.05) is 53.1 Å². The summed E-state index contributed by atoms with van der Waals surface area (Å²) in [6.07, 6.45) is 1.64. The summed E-state index contributed by atoms with van der Waals surface area (Å²) in [5, 5.41) is 0.636. The number of fused-ring (bicyclic) bond motifs is 3. The van der Waals surface area contributed by atoms with E-state index in [-0.39, 0.29) is 0 Å². The molecule has 0 aliphatic carbocycles. The molecule has 6 heteroatoms. The summed E-state index contributed by atoms with van der Waals surface area (Å²) in [6, 6.07) is 15.5. The third-order valence-electron chi connectivity index (χ3n) is 4.27. The standard InChI is InChI=1S/C20H16ClN3O2/c1-2-26-20(25)19-17-11-22-18(13-7-3-5-9-15(13)21)14-8-4-6-10-16(14)24(17)12-23-19/h3-10,12H,2,11H2,1H3. The minimum Gasteiger partial charge on any atom is -0.461 e. The molecule has 3 aromatic rings. The zero-order valence-corrected chi connectivity index (χ0v) is 14.9. The quantitative estimate of drug-likeness (QED) is 0.658. The molecule has 0 saturated carbocycles. The minimum absolute atomic E-state index is 0.297. The van der Waals surface area contributed by atoms with Gasteiger partial charge in [-0.3, -0.25) is 9.56 Å². The second-order valence-corrected chi connectivity index (χ2v) is 6.20. The first-order valence-corrected chi connectivity index (χ1v) is 8.71. The van der Waals surface area contributed by atoms with Crippen LogP contribution in [-0.2, 0) is 11.3 Å². The molecule has 0 bridgehead atoms. The van der Waals surface area contributed by atoms with Crippen molar-refractivity contribution in [2.75, 3.05) is 6.61 Å². The summed E-state index contributed by atoms with van der Waals surface area (Å²) in [5.74, 6) is -0.435. The highest BCUT2D eigenvalue weighted by atomic mass is 35.5. The van der Waals surface area contributed by atoms with Gasteiger partial charge in [0, 0.05) is 16.1 Å². The first-order valence-electron chi connectivity index (χ1n) is 8.33. The van der Waals surface area contributed by atoms with Crippen LogP contribution in [-0.4, -0.2) is 27.8 Å². The number of ether oxygens (including phenoxy) is 1. The van der Waals surface area contributed by atoms with E-state index in [9.17, 15) is 4.79 Å². The van der Waals surface area contributed by atoms with Crippen molar-refractivity contribution in [3.63, 3.8) is 0 Å². The van der Waals surface area contributed by atoms with Crippen LogP contribution in [0.5, 0.6) is 0 Å². The molecule has 0 saturated heterocycles. The molecule has 130 valence electrons. The van der Waals surface area contributed by atoms with Gasteiger partial charge >= 0.3 is 5.97 Å². The maximum absolute atomic E-state index is 12.2. The lowest BCUT2D eigenvalue weighted by Gasteiger charge is -2.12. The van der Waals surface area contributed by atoms with E-state index in [0.717, 1.165) is 22.5 Å². The van der Waals surface area contributed by atoms with Crippen LogP contribution in [0.15, 0.2) is 59.9 Å². The molecular weight excluding hydrogens is 350 g/mol. The molecule has 0 fully saturated rings. The first-order chi connectivity index (χ1) is 12.7. The van der Waals surface area contributed by atoms with Crippen molar-refractivity contribution in [2.45, 2.75) is 13.5 Å². The Labute approximate surface area is 155 Å². The van der Waals surface area contributed by atoms with E-state index in [1.165, 1.54) is 0 Å². The highest BCUT2D eigenvalue weighted by Gasteiger charge is 2.25. The van der Waals surface area contributed by atoms with E-state index in [2.05, 4.69) is 4.98 Å². The van der Waals surface area contributed by atoms with Crippen molar-refractivity contribution < 1.29 is 9.53 Å². The van der Waals surface area contributed by atoms with Crippen molar-refractivity contribution in [1.82, 2.24) is 9.55 Å². The number of aromatic nitrogens is 2. The number of nitrogens with zero attached hydrogens (tertiary/aromatic N) is 3. The topological polar surface area (TPSA) is 56.5 Å². The SMILES string of the molecule is CCOC(=O)c1ncn2c1CN=C(c1ccccc1Cl)c1ccccc1-2. The molecule has 1 aromatic heterocycles. The zero-order chi connectivity index (χ0) is 18.1. The molecule has 2 heterocycles. The Hall–Kier alpha value is -2.92. The van der Waals surface area contributed by atoms with Gasteiger partial charge in [-0.1, -0.05) is 48.0 Å². The maximum atomic E-state index is 12.2. The van der Waals surface area contributed by atoms with Crippen molar-refractivity contribution in [3.05, 3.63) is 82.4 Å². The Morgan fingerprint density at radius 1 is 1.15 bits per heavy atom. The third kappa shape index (κ3) is 2.70. The number of imidazole rings is 1. The van der Waals surface area contributed by atoms with Gasteiger partial charge in [0.05, 0.1) is 30.2 Å². The smallest absolute Gasteiger partial charge is 0.358 e.